The average molecular weight is 257 g/mol. The van der Waals surface area contributed by atoms with Crippen LogP contribution in [0.1, 0.15) is 19.8 Å². The highest BCUT2D eigenvalue weighted by atomic mass is 35.5. The summed E-state index contributed by atoms with van der Waals surface area (Å²) in [7, 11) is 1.75. The molecule has 1 saturated heterocycles. The van der Waals surface area contributed by atoms with Gasteiger partial charge >= 0.3 is 0 Å². The van der Waals surface area contributed by atoms with Gasteiger partial charge in [0.2, 0.25) is 5.95 Å². The van der Waals surface area contributed by atoms with E-state index in [-0.39, 0.29) is 5.95 Å². The van der Waals surface area contributed by atoms with E-state index in [2.05, 4.69) is 21.8 Å². The average Bonchev–Trinajstić information content (AvgIpc) is 2.32. The molecule has 5 nitrogen and oxygen atoms in total. The van der Waals surface area contributed by atoms with Gasteiger partial charge in [0, 0.05) is 19.7 Å². The first-order valence-corrected chi connectivity index (χ1v) is 6.07. The predicted molar refractivity (Wildman–Crippen MR) is 68.3 cm³/mol. The van der Waals surface area contributed by atoms with Gasteiger partial charge in [-0.15, -0.1) is 0 Å². The first-order chi connectivity index (χ1) is 8.11. The van der Waals surface area contributed by atoms with Crippen LogP contribution in [0.4, 0.5) is 11.8 Å². The molecule has 2 N–H and O–H groups in total. The zero-order valence-corrected chi connectivity index (χ0v) is 10.8. The van der Waals surface area contributed by atoms with Crippen molar-refractivity contribution in [2.45, 2.75) is 31.9 Å². The van der Waals surface area contributed by atoms with E-state index in [0.29, 0.717) is 17.2 Å². The number of anilines is 2. The van der Waals surface area contributed by atoms with Crippen molar-refractivity contribution in [3.8, 4) is 0 Å². The van der Waals surface area contributed by atoms with Crippen molar-refractivity contribution >= 4 is 23.4 Å². The normalized spacial score (nSPS) is 25.0. The molecule has 2 atom stereocenters. The SMILES string of the molecule is COC1CCN(c2nc(N)ncc2Cl)C(C)C1. The molecule has 2 heterocycles. The fourth-order valence-electron chi connectivity index (χ4n) is 2.23. The Morgan fingerprint density at radius 1 is 1.59 bits per heavy atom. The zero-order chi connectivity index (χ0) is 12.4. The second-order valence-electron chi connectivity index (χ2n) is 4.32. The third-order valence-corrected chi connectivity index (χ3v) is 3.44. The van der Waals surface area contributed by atoms with Gasteiger partial charge < -0.3 is 15.4 Å². The molecule has 1 aromatic rings. The zero-order valence-electron chi connectivity index (χ0n) is 10.1. The number of methoxy groups -OCH3 is 1. The Labute approximate surface area is 106 Å². The summed E-state index contributed by atoms with van der Waals surface area (Å²) in [5.74, 6) is 0.978. The number of ether oxygens (including phenoxy) is 1. The third kappa shape index (κ3) is 2.61. The van der Waals surface area contributed by atoms with Crippen molar-refractivity contribution in [1.29, 1.82) is 0 Å². The maximum atomic E-state index is 6.11. The molecule has 1 aliphatic heterocycles. The second-order valence-corrected chi connectivity index (χ2v) is 4.73. The molecule has 0 radical (unpaired) electrons. The molecule has 1 aromatic heterocycles. The van der Waals surface area contributed by atoms with Crippen LogP contribution in [0.2, 0.25) is 5.02 Å². The molecule has 0 saturated carbocycles. The minimum Gasteiger partial charge on any atom is -0.381 e. The number of rotatable bonds is 2. The van der Waals surface area contributed by atoms with Gasteiger partial charge in [0.1, 0.15) is 5.02 Å². The fraction of sp³-hybridized carbons (Fsp3) is 0.636. The quantitative estimate of drug-likeness (QED) is 0.873. The van der Waals surface area contributed by atoms with E-state index in [9.17, 15) is 0 Å². The van der Waals surface area contributed by atoms with E-state index in [1.165, 1.54) is 0 Å². The van der Waals surface area contributed by atoms with Crippen molar-refractivity contribution < 1.29 is 4.74 Å². The summed E-state index contributed by atoms with van der Waals surface area (Å²) in [4.78, 5) is 10.3. The van der Waals surface area contributed by atoms with Gasteiger partial charge in [-0.25, -0.2) is 4.98 Å². The minimum atomic E-state index is 0.255. The van der Waals surface area contributed by atoms with Gasteiger partial charge in [0.15, 0.2) is 5.82 Å². The molecule has 2 unspecified atom stereocenters. The number of nitrogens with zero attached hydrogens (tertiary/aromatic N) is 3. The summed E-state index contributed by atoms with van der Waals surface area (Å²) >= 11 is 6.11. The Morgan fingerprint density at radius 2 is 2.35 bits per heavy atom. The number of hydrogen-bond acceptors (Lipinski definition) is 5. The van der Waals surface area contributed by atoms with Gasteiger partial charge in [-0.2, -0.15) is 4.98 Å². The van der Waals surface area contributed by atoms with Crippen LogP contribution in [0.5, 0.6) is 0 Å². The smallest absolute Gasteiger partial charge is 0.222 e. The first-order valence-electron chi connectivity index (χ1n) is 5.69. The molecule has 94 valence electrons. The minimum absolute atomic E-state index is 0.255. The highest BCUT2D eigenvalue weighted by Crippen LogP contribution is 2.29. The number of hydrogen-bond donors (Lipinski definition) is 1. The number of nitrogens with two attached hydrogens (primary N) is 1. The lowest BCUT2D eigenvalue weighted by molar-refractivity contribution is 0.0719. The molecule has 0 aromatic carbocycles. The Balaban J connectivity index is 2.20. The molecule has 17 heavy (non-hydrogen) atoms. The van der Waals surface area contributed by atoms with Crippen molar-refractivity contribution in [2.75, 3.05) is 24.3 Å². The highest BCUT2D eigenvalue weighted by Gasteiger charge is 2.27. The molecule has 6 heteroatoms. The molecular formula is C11H17ClN4O. The maximum absolute atomic E-state index is 6.11. The summed E-state index contributed by atoms with van der Waals surface area (Å²) < 4.78 is 5.38. The first kappa shape index (κ1) is 12.4. The van der Waals surface area contributed by atoms with E-state index in [1.54, 1.807) is 13.3 Å². The molecule has 0 spiro atoms. The lowest BCUT2D eigenvalue weighted by atomic mass is 10.0. The summed E-state index contributed by atoms with van der Waals surface area (Å²) in [5.41, 5.74) is 5.60. The number of nitrogen functional groups attached to an aromatic ring is 1. The van der Waals surface area contributed by atoms with Gasteiger partial charge in [0.05, 0.1) is 12.3 Å². The van der Waals surface area contributed by atoms with Gasteiger partial charge in [0.25, 0.3) is 0 Å². The predicted octanol–water partition coefficient (Wildman–Crippen LogP) is 1.72. The van der Waals surface area contributed by atoms with Crippen LogP contribution >= 0.6 is 11.6 Å². The van der Waals surface area contributed by atoms with Gasteiger partial charge in [-0.3, -0.25) is 0 Å². The Kier molecular flexibility index (Phi) is 3.69. The standard InChI is InChI=1S/C11H17ClN4O/c1-7-5-8(17-2)3-4-16(7)10-9(12)6-14-11(13)15-10/h6-8H,3-5H2,1-2H3,(H2,13,14,15). The van der Waals surface area contributed by atoms with Crippen LogP contribution in [-0.2, 0) is 4.74 Å². The largest absolute Gasteiger partial charge is 0.381 e. The summed E-state index contributed by atoms with van der Waals surface area (Å²) in [6.07, 6.45) is 3.81. The van der Waals surface area contributed by atoms with Crippen LogP contribution in [-0.4, -0.2) is 35.8 Å². The number of aromatic nitrogens is 2. The second kappa shape index (κ2) is 5.06. The van der Waals surface area contributed by atoms with Crippen molar-refractivity contribution in [1.82, 2.24) is 9.97 Å². The lowest BCUT2D eigenvalue weighted by Crippen LogP contribution is -2.44. The molecule has 0 aliphatic carbocycles. The summed E-state index contributed by atoms with van der Waals surface area (Å²) in [6, 6.07) is 0.334. The Hall–Kier alpha value is -1.07. The van der Waals surface area contributed by atoms with E-state index >= 15 is 0 Å². The molecule has 0 amide bonds. The fourth-order valence-corrected chi connectivity index (χ4v) is 2.43. The van der Waals surface area contributed by atoms with Crippen LogP contribution in [0.25, 0.3) is 0 Å². The lowest BCUT2D eigenvalue weighted by Gasteiger charge is -2.38. The topological polar surface area (TPSA) is 64.3 Å². The van der Waals surface area contributed by atoms with Crippen molar-refractivity contribution in [3.05, 3.63) is 11.2 Å². The maximum Gasteiger partial charge on any atom is 0.222 e. The van der Waals surface area contributed by atoms with Crippen LogP contribution < -0.4 is 10.6 Å². The Bertz CT molecular complexity index is 401. The van der Waals surface area contributed by atoms with E-state index < -0.39 is 0 Å². The van der Waals surface area contributed by atoms with Gasteiger partial charge in [-0.1, -0.05) is 11.6 Å². The van der Waals surface area contributed by atoms with Gasteiger partial charge in [-0.05, 0) is 19.8 Å². The van der Waals surface area contributed by atoms with Crippen molar-refractivity contribution in [3.63, 3.8) is 0 Å². The van der Waals surface area contributed by atoms with E-state index in [4.69, 9.17) is 22.1 Å². The molecule has 2 rings (SSSR count). The monoisotopic (exact) mass is 256 g/mol. The van der Waals surface area contributed by atoms with Crippen LogP contribution in [0.3, 0.4) is 0 Å². The van der Waals surface area contributed by atoms with E-state index in [0.717, 1.165) is 25.2 Å². The van der Waals surface area contributed by atoms with E-state index in [1.807, 2.05) is 0 Å². The summed E-state index contributed by atoms with van der Waals surface area (Å²) in [5, 5.41) is 0.543. The Morgan fingerprint density at radius 3 is 3.00 bits per heavy atom. The van der Waals surface area contributed by atoms with Crippen LogP contribution in [0, 0.1) is 0 Å². The highest BCUT2D eigenvalue weighted by molar-refractivity contribution is 6.32. The number of piperidine rings is 1. The third-order valence-electron chi connectivity index (χ3n) is 3.18. The molecule has 0 bridgehead atoms. The molecule has 1 aliphatic rings. The molecular weight excluding hydrogens is 240 g/mol. The van der Waals surface area contributed by atoms with Crippen molar-refractivity contribution in [2.24, 2.45) is 0 Å². The molecule has 1 fully saturated rings. The summed E-state index contributed by atoms with van der Waals surface area (Å²) in [6.45, 7) is 3.01. The van der Waals surface area contributed by atoms with Crippen LogP contribution in [0.15, 0.2) is 6.20 Å². The number of halogens is 1.